The Morgan fingerprint density at radius 3 is 2.62 bits per heavy atom. The molecule has 0 spiro atoms. The van der Waals surface area contributed by atoms with Gasteiger partial charge in [-0.1, -0.05) is 47.5 Å². The maximum atomic E-state index is 12.3. The van der Waals surface area contributed by atoms with Crippen LogP contribution in [0.2, 0.25) is 10.0 Å². The molecule has 150 valence electrons. The first-order valence-electron chi connectivity index (χ1n) is 8.61. The zero-order valence-electron chi connectivity index (χ0n) is 15.4. The van der Waals surface area contributed by atoms with Gasteiger partial charge < -0.3 is 16.4 Å². The molecule has 0 saturated carbocycles. The van der Waals surface area contributed by atoms with Crippen LogP contribution in [0.4, 0.5) is 23.3 Å². The number of hydrogen-bond donors (Lipinski definition) is 3. The molecule has 0 aliphatic rings. The summed E-state index contributed by atoms with van der Waals surface area (Å²) >= 11 is 13.4. The lowest BCUT2D eigenvalue weighted by Gasteiger charge is -2.13. The number of benzene rings is 2. The van der Waals surface area contributed by atoms with Crippen LogP contribution in [0.1, 0.15) is 18.0 Å². The minimum absolute atomic E-state index is 0.107. The summed E-state index contributed by atoms with van der Waals surface area (Å²) in [5.74, 6) is 0.902. The Kier molecular flexibility index (Phi) is 7.13. The van der Waals surface area contributed by atoms with Crippen LogP contribution < -0.4 is 16.4 Å². The highest BCUT2D eigenvalue weighted by Gasteiger charge is 2.16. The van der Waals surface area contributed by atoms with E-state index in [2.05, 4.69) is 25.6 Å². The minimum Gasteiger partial charge on any atom is -0.368 e. The highest BCUT2D eigenvalue weighted by molar-refractivity contribution is 8.00. The average Bonchev–Trinajstić information content (AvgIpc) is 2.70. The Morgan fingerprint density at radius 2 is 1.86 bits per heavy atom. The molecule has 0 bridgehead atoms. The largest absolute Gasteiger partial charge is 0.368 e. The number of carbonyl (C=O) groups is 1. The second-order valence-corrected chi connectivity index (χ2v) is 8.08. The topological polar surface area (TPSA) is 106 Å². The summed E-state index contributed by atoms with van der Waals surface area (Å²) in [7, 11) is 0. The molecular formula is C19H18Cl2N6OS. The van der Waals surface area contributed by atoms with Crippen molar-refractivity contribution in [1.82, 2.24) is 15.0 Å². The first-order chi connectivity index (χ1) is 13.9. The average molecular weight is 449 g/mol. The van der Waals surface area contributed by atoms with Gasteiger partial charge >= 0.3 is 0 Å². The van der Waals surface area contributed by atoms with E-state index in [0.717, 1.165) is 5.69 Å². The van der Waals surface area contributed by atoms with Crippen molar-refractivity contribution in [1.29, 1.82) is 0 Å². The number of nitrogen functional groups attached to an aromatic ring is 1. The number of anilines is 4. The van der Waals surface area contributed by atoms with E-state index in [1.54, 1.807) is 18.2 Å². The van der Waals surface area contributed by atoms with Crippen LogP contribution in [-0.4, -0.2) is 26.6 Å². The van der Waals surface area contributed by atoms with Crippen LogP contribution >= 0.6 is 35.0 Å². The predicted molar refractivity (Wildman–Crippen MR) is 120 cm³/mol. The van der Waals surface area contributed by atoms with Gasteiger partial charge in [-0.05, 0) is 31.2 Å². The van der Waals surface area contributed by atoms with Gasteiger partial charge in [-0.2, -0.15) is 15.0 Å². The fourth-order valence-electron chi connectivity index (χ4n) is 2.36. The Balaban J connectivity index is 1.62. The molecule has 3 rings (SSSR count). The first-order valence-corrected chi connectivity index (χ1v) is 10.4. The molecule has 1 heterocycles. The summed E-state index contributed by atoms with van der Waals surface area (Å²) in [5, 5.41) is 6.34. The van der Waals surface area contributed by atoms with Crippen LogP contribution in [0.3, 0.4) is 0 Å². The lowest BCUT2D eigenvalue weighted by atomic mass is 10.3. The minimum atomic E-state index is -0.212. The monoisotopic (exact) mass is 448 g/mol. The van der Waals surface area contributed by atoms with Crippen molar-refractivity contribution in [3.05, 3.63) is 64.4 Å². The fraction of sp³-hybridized carbons (Fsp3) is 0.158. The second-order valence-electron chi connectivity index (χ2n) is 5.97. The molecule has 0 radical (unpaired) electrons. The number of para-hydroxylation sites is 1. The van der Waals surface area contributed by atoms with E-state index in [4.69, 9.17) is 28.9 Å². The summed E-state index contributed by atoms with van der Waals surface area (Å²) in [4.78, 5) is 25.0. The molecule has 0 fully saturated rings. The highest BCUT2D eigenvalue weighted by atomic mass is 35.5. The number of nitrogens with one attached hydrogen (secondary N) is 2. The molecule has 1 amide bonds. The van der Waals surface area contributed by atoms with Crippen LogP contribution in [0.5, 0.6) is 0 Å². The summed E-state index contributed by atoms with van der Waals surface area (Å²) in [5.41, 5.74) is 7.13. The van der Waals surface area contributed by atoms with E-state index in [1.807, 2.05) is 37.3 Å². The van der Waals surface area contributed by atoms with Crippen LogP contribution in [-0.2, 0) is 4.79 Å². The molecule has 1 aromatic heterocycles. The van der Waals surface area contributed by atoms with Crippen molar-refractivity contribution in [2.75, 3.05) is 22.1 Å². The van der Waals surface area contributed by atoms with Crippen molar-refractivity contribution in [2.24, 2.45) is 0 Å². The van der Waals surface area contributed by atoms with Gasteiger partial charge in [0.15, 0.2) is 0 Å². The number of thioether (sulfide) groups is 1. The van der Waals surface area contributed by atoms with E-state index in [1.165, 1.54) is 11.8 Å². The SMILES string of the molecule is CC(SCC(=O)Nc1cccc(Cl)c1Cl)c1nc(N)nc(Nc2ccccc2)n1. The number of carbonyl (C=O) groups excluding carboxylic acids is 1. The fourth-order valence-corrected chi connectivity index (χ4v) is 3.44. The number of nitrogens with zero attached hydrogens (tertiary/aromatic N) is 3. The van der Waals surface area contributed by atoms with Gasteiger partial charge in [-0.25, -0.2) is 0 Å². The molecule has 1 unspecified atom stereocenters. The van der Waals surface area contributed by atoms with Crippen molar-refractivity contribution in [3.8, 4) is 0 Å². The molecule has 4 N–H and O–H groups in total. The van der Waals surface area contributed by atoms with Crippen molar-refractivity contribution in [3.63, 3.8) is 0 Å². The van der Waals surface area contributed by atoms with Gasteiger partial charge in [-0.3, -0.25) is 4.79 Å². The van der Waals surface area contributed by atoms with Gasteiger partial charge in [-0.15, -0.1) is 11.8 Å². The summed E-state index contributed by atoms with van der Waals surface area (Å²) in [6.45, 7) is 1.89. The van der Waals surface area contributed by atoms with E-state index < -0.39 is 0 Å². The molecule has 0 saturated heterocycles. The first kappa shape index (κ1) is 21.2. The number of rotatable bonds is 7. The number of aromatic nitrogens is 3. The van der Waals surface area contributed by atoms with Crippen LogP contribution in [0, 0.1) is 0 Å². The molecule has 3 aromatic rings. The molecule has 2 aromatic carbocycles. The van der Waals surface area contributed by atoms with Gasteiger partial charge in [0, 0.05) is 5.69 Å². The zero-order chi connectivity index (χ0) is 20.8. The van der Waals surface area contributed by atoms with E-state index in [-0.39, 0.29) is 22.9 Å². The van der Waals surface area contributed by atoms with Gasteiger partial charge in [0.1, 0.15) is 5.82 Å². The molecule has 7 nitrogen and oxygen atoms in total. The molecule has 10 heteroatoms. The van der Waals surface area contributed by atoms with Gasteiger partial charge in [0.05, 0.1) is 26.7 Å². The third kappa shape index (κ3) is 5.96. The van der Waals surface area contributed by atoms with Gasteiger partial charge in [0.2, 0.25) is 17.8 Å². The number of halogens is 2. The molecule has 29 heavy (non-hydrogen) atoms. The Morgan fingerprint density at radius 1 is 1.10 bits per heavy atom. The van der Waals surface area contributed by atoms with E-state index >= 15 is 0 Å². The van der Waals surface area contributed by atoms with Crippen LogP contribution in [0.25, 0.3) is 0 Å². The predicted octanol–water partition coefficient (Wildman–Crippen LogP) is 4.94. The zero-order valence-corrected chi connectivity index (χ0v) is 17.7. The number of amides is 1. The lowest BCUT2D eigenvalue weighted by molar-refractivity contribution is -0.113. The Hall–Kier alpha value is -2.55. The quantitative estimate of drug-likeness (QED) is 0.469. The Labute approximate surface area is 182 Å². The summed E-state index contributed by atoms with van der Waals surface area (Å²) in [6.07, 6.45) is 0. The van der Waals surface area contributed by atoms with E-state index in [0.29, 0.717) is 27.5 Å². The van der Waals surface area contributed by atoms with Gasteiger partial charge in [0.25, 0.3) is 0 Å². The maximum Gasteiger partial charge on any atom is 0.234 e. The normalized spacial score (nSPS) is 11.7. The summed E-state index contributed by atoms with van der Waals surface area (Å²) in [6, 6.07) is 14.6. The van der Waals surface area contributed by atoms with Crippen molar-refractivity contribution >= 4 is 64.1 Å². The second kappa shape index (κ2) is 9.78. The third-order valence-corrected chi connectivity index (χ3v) is 5.71. The molecule has 1 atom stereocenters. The van der Waals surface area contributed by atoms with Crippen LogP contribution in [0.15, 0.2) is 48.5 Å². The molecular weight excluding hydrogens is 431 g/mol. The highest BCUT2D eigenvalue weighted by Crippen LogP contribution is 2.31. The molecule has 0 aliphatic heterocycles. The Bertz CT molecular complexity index is 1010. The lowest BCUT2D eigenvalue weighted by Crippen LogP contribution is -2.16. The maximum absolute atomic E-state index is 12.3. The van der Waals surface area contributed by atoms with Crippen molar-refractivity contribution in [2.45, 2.75) is 12.2 Å². The van der Waals surface area contributed by atoms with E-state index in [9.17, 15) is 4.79 Å². The number of nitrogens with two attached hydrogens (primary N) is 1. The summed E-state index contributed by atoms with van der Waals surface area (Å²) < 4.78 is 0. The number of hydrogen-bond acceptors (Lipinski definition) is 7. The standard InChI is InChI=1S/C19H18Cl2N6OS/c1-11(29-10-15(28)24-14-9-5-8-13(20)16(14)21)17-25-18(22)27-19(26-17)23-12-6-3-2-4-7-12/h2-9,11H,10H2,1H3,(H,24,28)(H3,22,23,25,26,27). The third-order valence-electron chi connectivity index (χ3n) is 3.75. The molecule has 0 aliphatic carbocycles. The smallest absolute Gasteiger partial charge is 0.234 e. The van der Waals surface area contributed by atoms with Crippen molar-refractivity contribution < 1.29 is 4.79 Å².